The predicted molar refractivity (Wildman–Crippen MR) is 90.8 cm³/mol. The lowest BCUT2D eigenvalue weighted by Crippen LogP contribution is -2.22. The predicted octanol–water partition coefficient (Wildman–Crippen LogP) is 3.82. The maximum atomic E-state index is 6.27. The van der Waals surface area contributed by atoms with Crippen LogP contribution in [0.1, 0.15) is 58.9 Å². The Bertz CT molecular complexity index is 637. The number of nitrogens with two attached hydrogens (primary N) is 1. The minimum atomic E-state index is 0.221. The molecule has 1 aromatic carbocycles. The van der Waals surface area contributed by atoms with Crippen LogP contribution in [0.5, 0.6) is 0 Å². The number of thiazole rings is 1. The van der Waals surface area contributed by atoms with E-state index in [1.54, 1.807) is 0 Å². The van der Waals surface area contributed by atoms with E-state index in [2.05, 4.69) is 35.2 Å². The van der Waals surface area contributed by atoms with Crippen molar-refractivity contribution >= 4 is 11.3 Å². The molecule has 3 nitrogen and oxygen atoms in total. The normalized spacial score (nSPS) is 25.3. The Hall–Kier alpha value is -1.23. The summed E-state index contributed by atoms with van der Waals surface area (Å²) in [5.41, 5.74) is 8.95. The summed E-state index contributed by atoms with van der Waals surface area (Å²) >= 11 is 1.88. The highest BCUT2D eigenvalue weighted by Gasteiger charge is 2.31. The van der Waals surface area contributed by atoms with Crippen LogP contribution in [0.3, 0.4) is 0 Å². The van der Waals surface area contributed by atoms with Crippen LogP contribution < -0.4 is 5.73 Å². The number of rotatable bonds is 3. The first kappa shape index (κ1) is 14.4. The van der Waals surface area contributed by atoms with E-state index in [1.165, 1.54) is 46.9 Å². The Morgan fingerprint density at radius 3 is 2.86 bits per heavy atom. The lowest BCUT2D eigenvalue weighted by molar-refractivity contribution is 0.248. The zero-order valence-corrected chi connectivity index (χ0v) is 13.7. The molecule has 1 aromatic heterocycles. The Morgan fingerprint density at radius 1 is 1.18 bits per heavy atom. The molecule has 1 aliphatic carbocycles. The zero-order chi connectivity index (χ0) is 14.9. The molecule has 0 amide bonds. The van der Waals surface area contributed by atoms with Crippen LogP contribution in [-0.4, -0.2) is 16.4 Å². The monoisotopic (exact) mass is 313 g/mol. The Labute approximate surface area is 136 Å². The standard InChI is InChI=1S/C18H23N3S/c19-14-8-4-9-15-17(14)22-18(20-15)16-10-5-11-21(16)12-13-6-2-1-3-7-13/h1-3,6-7,14,16H,4-5,8-12,19H2. The van der Waals surface area contributed by atoms with Gasteiger partial charge >= 0.3 is 0 Å². The molecule has 2 atom stereocenters. The van der Waals surface area contributed by atoms with Gasteiger partial charge in [0.1, 0.15) is 5.01 Å². The van der Waals surface area contributed by atoms with E-state index >= 15 is 0 Å². The molecule has 1 fully saturated rings. The summed E-state index contributed by atoms with van der Waals surface area (Å²) in [5, 5.41) is 1.30. The second kappa shape index (κ2) is 6.11. The summed E-state index contributed by atoms with van der Waals surface area (Å²) in [6.07, 6.45) is 5.93. The van der Waals surface area contributed by atoms with Crippen molar-refractivity contribution in [2.24, 2.45) is 5.73 Å². The zero-order valence-electron chi connectivity index (χ0n) is 12.9. The molecule has 2 heterocycles. The van der Waals surface area contributed by atoms with Gasteiger partial charge in [0.2, 0.25) is 0 Å². The summed E-state index contributed by atoms with van der Waals surface area (Å²) in [5.74, 6) is 0. The average molecular weight is 313 g/mol. The number of fused-ring (bicyclic) bond motifs is 1. The quantitative estimate of drug-likeness (QED) is 0.937. The fourth-order valence-corrected chi connectivity index (χ4v) is 5.05. The van der Waals surface area contributed by atoms with E-state index in [1.807, 2.05) is 11.3 Å². The number of benzene rings is 1. The molecule has 1 aliphatic heterocycles. The molecule has 22 heavy (non-hydrogen) atoms. The molecule has 4 rings (SSSR count). The van der Waals surface area contributed by atoms with Crippen molar-refractivity contribution in [3.05, 3.63) is 51.5 Å². The van der Waals surface area contributed by atoms with Crippen molar-refractivity contribution < 1.29 is 0 Å². The number of likely N-dealkylation sites (tertiary alicyclic amines) is 1. The van der Waals surface area contributed by atoms with Crippen LogP contribution in [-0.2, 0) is 13.0 Å². The van der Waals surface area contributed by atoms with E-state index in [0.29, 0.717) is 6.04 Å². The molecule has 0 radical (unpaired) electrons. The van der Waals surface area contributed by atoms with Crippen LogP contribution in [0.4, 0.5) is 0 Å². The second-order valence-electron chi connectivity index (χ2n) is 6.48. The minimum absolute atomic E-state index is 0.221. The van der Waals surface area contributed by atoms with Gasteiger partial charge in [-0.1, -0.05) is 30.3 Å². The van der Waals surface area contributed by atoms with Gasteiger partial charge in [-0.25, -0.2) is 4.98 Å². The average Bonchev–Trinajstić information content (AvgIpc) is 3.15. The minimum Gasteiger partial charge on any atom is -0.323 e. The van der Waals surface area contributed by atoms with Gasteiger partial charge in [-0.2, -0.15) is 0 Å². The van der Waals surface area contributed by atoms with Gasteiger partial charge < -0.3 is 5.73 Å². The van der Waals surface area contributed by atoms with Crippen LogP contribution in [0.2, 0.25) is 0 Å². The summed E-state index contributed by atoms with van der Waals surface area (Å²) in [6, 6.07) is 11.5. The van der Waals surface area contributed by atoms with Crippen molar-refractivity contribution in [1.82, 2.24) is 9.88 Å². The third-order valence-electron chi connectivity index (χ3n) is 4.89. The highest BCUT2D eigenvalue weighted by atomic mass is 32.1. The number of aryl methyl sites for hydroxylation is 1. The largest absolute Gasteiger partial charge is 0.323 e. The molecule has 2 aliphatic rings. The summed E-state index contributed by atoms with van der Waals surface area (Å²) < 4.78 is 0. The topological polar surface area (TPSA) is 42.1 Å². The SMILES string of the molecule is NC1CCCc2nc(C3CCCN3Cc3ccccc3)sc21. The van der Waals surface area contributed by atoms with Gasteiger partial charge in [-0.15, -0.1) is 11.3 Å². The number of aromatic nitrogens is 1. The van der Waals surface area contributed by atoms with Crippen molar-refractivity contribution in [2.75, 3.05) is 6.54 Å². The molecule has 1 saturated heterocycles. The molecular weight excluding hydrogens is 290 g/mol. The van der Waals surface area contributed by atoms with Gasteiger partial charge in [0, 0.05) is 17.5 Å². The van der Waals surface area contributed by atoms with Crippen molar-refractivity contribution in [2.45, 2.75) is 50.7 Å². The van der Waals surface area contributed by atoms with Crippen molar-refractivity contribution in [1.29, 1.82) is 0 Å². The smallest absolute Gasteiger partial charge is 0.110 e. The molecule has 0 bridgehead atoms. The van der Waals surface area contributed by atoms with Gasteiger partial charge in [0.25, 0.3) is 0 Å². The maximum absolute atomic E-state index is 6.27. The summed E-state index contributed by atoms with van der Waals surface area (Å²) in [6.45, 7) is 2.21. The molecule has 2 aromatic rings. The van der Waals surface area contributed by atoms with E-state index in [-0.39, 0.29) is 6.04 Å². The Kier molecular flexibility index (Phi) is 3.99. The number of hydrogen-bond donors (Lipinski definition) is 1. The van der Waals surface area contributed by atoms with Crippen LogP contribution in [0.15, 0.2) is 30.3 Å². The van der Waals surface area contributed by atoms with Gasteiger partial charge in [-0.3, -0.25) is 4.90 Å². The first-order valence-corrected chi connectivity index (χ1v) is 9.16. The highest BCUT2D eigenvalue weighted by Crippen LogP contribution is 2.40. The number of hydrogen-bond acceptors (Lipinski definition) is 4. The molecule has 4 heteroatoms. The molecule has 2 N–H and O–H groups in total. The summed E-state index contributed by atoms with van der Waals surface area (Å²) in [4.78, 5) is 8.91. The van der Waals surface area contributed by atoms with Crippen LogP contribution >= 0.6 is 11.3 Å². The first-order valence-electron chi connectivity index (χ1n) is 8.34. The van der Waals surface area contributed by atoms with Crippen LogP contribution in [0, 0.1) is 0 Å². The van der Waals surface area contributed by atoms with Gasteiger partial charge in [-0.05, 0) is 44.2 Å². The third kappa shape index (κ3) is 2.71. The Morgan fingerprint density at radius 2 is 2.05 bits per heavy atom. The molecular formula is C18H23N3S. The first-order chi connectivity index (χ1) is 10.8. The van der Waals surface area contributed by atoms with Crippen LogP contribution in [0.25, 0.3) is 0 Å². The van der Waals surface area contributed by atoms with Crippen molar-refractivity contribution in [3.63, 3.8) is 0 Å². The Balaban J connectivity index is 1.56. The highest BCUT2D eigenvalue weighted by molar-refractivity contribution is 7.12. The van der Waals surface area contributed by atoms with E-state index in [0.717, 1.165) is 19.4 Å². The number of nitrogens with zero attached hydrogens (tertiary/aromatic N) is 2. The molecule has 2 unspecified atom stereocenters. The lowest BCUT2D eigenvalue weighted by atomic mass is 9.99. The van der Waals surface area contributed by atoms with E-state index in [4.69, 9.17) is 10.7 Å². The summed E-state index contributed by atoms with van der Waals surface area (Å²) in [7, 11) is 0. The van der Waals surface area contributed by atoms with Crippen molar-refractivity contribution in [3.8, 4) is 0 Å². The fraction of sp³-hybridized carbons (Fsp3) is 0.500. The maximum Gasteiger partial charge on any atom is 0.110 e. The third-order valence-corrected chi connectivity index (χ3v) is 6.22. The van der Waals surface area contributed by atoms with Gasteiger partial charge in [0.15, 0.2) is 0 Å². The van der Waals surface area contributed by atoms with Gasteiger partial charge in [0.05, 0.1) is 11.7 Å². The fourth-order valence-electron chi connectivity index (χ4n) is 3.73. The molecule has 0 spiro atoms. The van der Waals surface area contributed by atoms with E-state index in [9.17, 15) is 0 Å². The second-order valence-corrected chi connectivity index (χ2v) is 7.54. The van der Waals surface area contributed by atoms with E-state index < -0.39 is 0 Å². The lowest BCUT2D eigenvalue weighted by Gasteiger charge is -2.22. The molecule has 0 saturated carbocycles. The molecule has 116 valence electrons.